The molecular weight excluding hydrogens is 340 g/mol. The van der Waals surface area contributed by atoms with Crippen molar-refractivity contribution in [1.29, 1.82) is 0 Å². The zero-order valence-corrected chi connectivity index (χ0v) is 16.0. The minimum absolute atomic E-state index is 0.0998. The average Bonchev–Trinajstić information content (AvgIpc) is 2.67. The van der Waals surface area contributed by atoms with Crippen LogP contribution in [-0.4, -0.2) is 30.6 Å². The lowest BCUT2D eigenvalue weighted by atomic mass is 10.1. The summed E-state index contributed by atoms with van der Waals surface area (Å²) in [5, 5.41) is 6.34. The van der Waals surface area contributed by atoms with Gasteiger partial charge in [0, 0.05) is 24.8 Å². The molecule has 0 aliphatic rings. The van der Waals surface area contributed by atoms with E-state index in [1.54, 1.807) is 13.8 Å². The Bertz CT molecular complexity index is 771. The molecule has 0 radical (unpaired) electrons. The SMILES string of the molecule is CCN(Cc1ccccc1)c1ccc(/C=N\NC(=O)C(=O)NC(C)C)cc1. The number of rotatable bonds is 7. The van der Waals surface area contributed by atoms with Crippen molar-refractivity contribution in [2.75, 3.05) is 11.4 Å². The standard InChI is InChI=1S/C21H26N4O2/c1-4-25(15-18-8-6-5-7-9-18)19-12-10-17(11-13-19)14-22-24-21(27)20(26)23-16(2)3/h5-14,16H,4,15H2,1-3H3,(H,23,26)(H,24,27)/b22-14-. The van der Waals surface area contributed by atoms with Crippen molar-refractivity contribution in [3.05, 3.63) is 65.7 Å². The van der Waals surface area contributed by atoms with Crippen LogP contribution in [0.2, 0.25) is 0 Å². The van der Waals surface area contributed by atoms with E-state index in [0.29, 0.717) is 0 Å². The molecule has 0 heterocycles. The van der Waals surface area contributed by atoms with Crippen LogP contribution >= 0.6 is 0 Å². The fourth-order valence-corrected chi connectivity index (χ4v) is 2.50. The molecule has 0 saturated heterocycles. The number of nitrogens with zero attached hydrogens (tertiary/aromatic N) is 2. The van der Waals surface area contributed by atoms with Crippen LogP contribution in [0.4, 0.5) is 5.69 Å². The average molecular weight is 366 g/mol. The van der Waals surface area contributed by atoms with Crippen molar-refractivity contribution >= 4 is 23.7 Å². The first kappa shape index (κ1) is 20.2. The van der Waals surface area contributed by atoms with Crippen LogP contribution in [0.3, 0.4) is 0 Å². The third kappa shape index (κ3) is 6.58. The Morgan fingerprint density at radius 3 is 2.30 bits per heavy atom. The first-order valence-electron chi connectivity index (χ1n) is 9.02. The molecule has 2 N–H and O–H groups in total. The van der Waals surface area contributed by atoms with Gasteiger partial charge in [0.25, 0.3) is 0 Å². The van der Waals surface area contributed by atoms with Crippen molar-refractivity contribution < 1.29 is 9.59 Å². The molecule has 0 atom stereocenters. The molecule has 6 nitrogen and oxygen atoms in total. The van der Waals surface area contributed by atoms with Crippen molar-refractivity contribution in [1.82, 2.24) is 10.7 Å². The number of carbonyl (C=O) groups is 2. The summed E-state index contributed by atoms with van der Waals surface area (Å²) < 4.78 is 0. The number of hydrogen-bond donors (Lipinski definition) is 2. The van der Waals surface area contributed by atoms with Gasteiger partial charge in [-0.15, -0.1) is 0 Å². The Balaban J connectivity index is 1.93. The highest BCUT2D eigenvalue weighted by molar-refractivity contribution is 6.35. The van der Waals surface area contributed by atoms with Gasteiger partial charge in [0.05, 0.1) is 6.21 Å². The molecule has 0 spiro atoms. The molecule has 6 heteroatoms. The van der Waals surface area contributed by atoms with E-state index in [9.17, 15) is 9.59 Å². The highest BCUT2D eigenvalue weighted by atomic mass is 16.2. The molecule has 0 bridgehead atoms. The summed E-state index contributed by atoms with van der Waals surface area (Å²) in [5.41, 5.74) is 5.42. The van der Waals surface area contributed by atoms with Crippen LogP contribution in [0.5, 0.6) is 0 Å². The molecule has 0 fully saturated rings. The minimum atomic E-state index is -0.781. The van der Waals surface area contributed by atoms with E-state index >= 15 is 0 Å². The van der Waals surface area contributed by atoms with E-state index in [-0.39, 0.29) is 6.04 Å². The highest BCUT2D eigenvalue weighted by Crippen LogP contribution is 2.17. The lowest BCUT2D eigenvalue weighted by Crippen LogP contribution is -2.41. The third-order valence-electron chi connectivity index (χ3n) is 3.86. The van der Waals surface area contributed by atoms with Crippen LogP contribution < -0.4 is 15.6 Å². The zero-order valence-electron chi connectivity index (χ0n) is 16.0. The summed E-state index contributed by atoms with van der Waals surface area (Å²) in [6.45, 7) is 7.42. The molecule has 0 unspecified atom stereocenters. The number of carbonyl (C=O) groups excluding carboxylic acids is 2. The second kappa shape index (κ2) is 10.1. The molecule has 0 aliphatic heterocycles. The molecule has 0 saturated carbocycles. The van der Waals surface area contributed by atoms with Gasteiger partial charge in [-0.25, -0.2) is 5.43 Å². The molecule has 2 amide bonds. The van der Waals surface area contributed by atoms with Crippen LogP contribution in [-0.2, 0) is 16.1 Å². The number of hydrogen-bond acceptors (Lipinski definition) is 4. The summed E-state index contributed by atoms with van der Waals surface area (Å²) in [4.78, 5) is 25.3. The normalized spacial score (nSPS) is 10.8. The number of anilines is 1. The molecule has 27 heavy (non-hydrogen) atoms. The lowest BCUT2D eigenvalue weighted by Gasteiger charge is -2.23. The predicted octanol–water partition coefficient (Wildman–Crippen LogP) is 2.69. The van der Waals surface area contributed by atoms with Crippen LogP contribution in [0.1, 0.15) is 31.9 Å². The van der Waals surface area contributed by atoms with Gasteiger partial charge in [-0.3, -0.25) is 9.59 Å². The zero-order chi connectivity index (χ0) is 19.6. The molecular formula is C21H26N4O2. The van der Waals surface area contributed by atoms with E-state index in [2.05, 4.69) is 39.8 Å². The molecule has 2 aromatic carbocycles. The molecule has 0 aliphatic carbocycles. The van der Waals surface area contributed by atoms with E-state index in [1.807, 2.05) is 42.5 Å². The van der Waals surface area contributed by atoms with E-state index in [4.69, 9.17) is 0 Å². The van der Waals surface area contributed by atoms with Gasteiger partial charge in [-0.05, 0) is 44.0 Å². The van der Waals surface area contributed by atoms with Crippen LogP contribution in [0.25, 0.3) is 0 Å². The first-order valence-corrected chi connectivity index (χ1v) is 9.02. The summed E-state index contributed by atoms with van der Waals surface area (Å²) in [7, 11) is 0. The fourth-order valence-electron chi connectivity index (χ4n) is 2.50. The van der Waals surface area contributed by atoms with Gasteiger partial charge in [0.15, 0.2) is 0 Å². The van der Waals surface area contributed by atoms with Crippen molar-refractivity contribution in [3.8, 4) is 0 Å². The van der Waals surface area contributed by atoms with Crippen molar-refractivity contribution in [2.24, 2.45) is 5.10 Å². The Morgan fingerprint density at radius 1 is 1.04 bits per heavy atom. The van der Waals surface area contributed by atoms with Gasteiger partial charge >= 0.3 is 11.8 Å². The molecule has 0 aromatic heterocycles. The van der Waals surface area contributed by atoms with E-state index in [1.165, 1.54) is 11.8 Å². The Labute approximate surface area is 160 Å². The summed E-state index contributed by atoms with van der Waals surface area (Å²) in [6.07, 6.45) is 1.51. The Kier molecular flexibility index (Phi) is 7.55. The van der Waals surface area contributed by atoms with Crippen LogP contribution in [0, 0.1) is 0 Å². The maximum absolute atomic E-state index is 11.6. The highest BCUT2D eigenvalue weighted by Gasteiger charge is 2.12. The van der Waals surface area contributed by atoms with Gasteiger partial charge in [-0.2, -0.15) is 5.10 Å². The number of amides is 2. The number of nitrogens with one attached hydrogen (secondary N) is 2. The smallest absolute Gasteiger partial charge is 0.329 e. The second-order valence-corrected chi connectivity index (χ2v) is 6.42. The van der Waals surface area contributed by atoms with Crippen molar-refractivity contribution in [2.45, 2.75) is 33.4 Å². The maximum atomic E-state index is 11.6. The topological polar surface area (TPSA) is 73.8 Å². The summed E-state index contributed by atoms with van der Waals surface area (Å²) in [5.74, 6) is -1.48. The second-order valence-electron chi connectivity index (χ2n) is 6.42. The van der Waals surface area contributed by atoms with Gasteiger partial charge in [-0.1, -0.05) is 42.5 Å². The molecule has 2 rings (SSSR count). The lowest BCUT2D eigenvalue weighted by molar-refractivity contribution is -0.139. The van der Waals surface area contributed by atoms with E-state index in [0.717, 1.165) is 24.3 Å². The minimum Gasteiger partial charge on any atom is -0.367 e. The van der Waals surface area contributed by atoms with E-state index < -0.39 is 11.8 Å². The Morgan fingerprint density at radius 2 is 1.70 bits per heavy atom. The first-order chi connectivity index (χ1) is 13.0. The molecule has 2 aromatic rings. The van der Waals surface area contributed by atoms with Crippen molar-refractivity contribution in [3.63, 3.8) is 0 Å². The number of benzene rings is 2. The fraction of sp³-hybridized carbons (Fsp3) is 0.286. The summed E-state index contributed by atoms with van der Waals surface area (Å²) in [6, 6.07) is 18.1. The molecule has 142 valence electrons. The quantitative estimate of drug-likeness (QED) is 0.449. The van der Waals surface area contributed by atoms with Gasteiger partial charge < -0.3 is 10.2 Å². The third-order valence-corrected chi connectivity index (χ3v) is 3.86. The summed E-state index contributed by atoms with van der Waals surface area (Å²) >= 11 is 0. The largest absolute Gasteiger partial charge is 0.367 e. The van der Waals surface area contributed by atoms with Gasteiger partial charge in [0.2, 0.25) is 0 Å². The predicted molar refractivity (Wildman–Crippen MR) is 109 cm³/mol. The Hall–Kier alpha value is -3.15. The maximum Gasteiger partial charge on any atom is 0.329 e. The van der Waals surface area contributed by atoms with Gasteiger partial charge in [0.1, 0.15) is 0 Å². The monoisotopic (exact) mass is 366 g/mol. The number of hydrazone groups is 1. The van der Waals surface area contributed by atoms with Crippen LogP contribution in [0.15, 0.2) is 59.7 Å².